The van der Waals surface area contributed by atoms with Crippen LogP contribution < -0.4 is 4.74 Å². The molecule has 2 aromatic carbocycles. The highest BCUT2D eigenvalue weighted by Gasteiger charge is 2.42. The zero-order valence-electron chi connectivity index (χ0n) is 18.6. The summed E-state index contributed by atoms with van der Waals surface area (Å²) in [5.41, 5.74) is 4.77. The summed E-state index contributed by atoms with van der Waals surface area (Å²) in [4.78, 5) is 21.0. The molecule has 2 heterocycles. The van der Waals surface area contributed by atoms with E-state index < -0.39 is 5.60 Å². The predicted octanol–water partition coefficient (Wildman–Crippen LogP) is 6.07. The van der Waals surface area contributed by atoms with Gasteiger partial charge in [-0.05, 0) is 56.5 Å². The summed E-state index contributed by atoms with van der Waals surface area (Å²) < 4.78 is 12.0. The summed E-state index contributed by atoms with van der Waals surface area (Å²) in [5.74, 6) is 1.16. The molecular formula is C27H24N2O3. The Kier molecular flexibility index (Phi) is 5.54. The van der Waals surface area contributed by atoms with Gasteiger partial charge in [-0.3, -0.25) is 9.78 Å². The molecule has 5 nitrogen and oxygen atoms in total. The lowest BCUT2D eigenvalue weighted by Gasteiger charge is -2.17. The summed E-state index contributed by atoms with van der Waals surface area (Å²) >= 11 is 0. The number of nitrogens with zero attached hydrogens (tertiary/aromatic N) is 2. The number of rotatable bonds is 5. The number of aromatic nitrogens is 1. The maximum Gasteiger partial charge on any atom is 0.210 e. The Hall–Kier alpha value is -3.91. The van der Waals surface area contributed by atoms with Gasteiger partial charge in [0, 0.05) is 11.8 Å². The van der Waals surface area contributed by atoms with E-state index in [1.807, 2.05) is 56.4 Å². The summed E-state index contributed by atoms with van der Waals surface area (Å²) in [7, 11) is 0. The van der Waals surface area contributed by atoms with Crippen LogP contribution in [0.2, 0.25) is 0 Å². The fourth-order valence-corrected chi connectivity index (χ4v) is 3.67. The number of hydrogen-bond acceptors (Lipinski definition) is 4. The van der Waals surface area contributed by atoms with Crippen LogP contribution in [0.3, 0.4) is 0 Å². The number of ketones is 1. The molecular weight excluding hydrogens is 400 g/mol. The van der Waals surface area contributed by atoms with Crippen molar-refractivity contribution in [2.75, 3.05) is 0 Å². The molecule has 0 spiro atoms. The van der Waals surface area contributed by atoms with Gasteiger partial charge in [0.1, 0.15) is 18.1 Å². The average Bonchev–Trinajstić information content (AvgIpc) is 3.02. The highest BCUT2D eigenvalue weighted by atomic mass is 16.5. The summed E-state index contributed by atoms with van der Waals surface area (Å²) in [6.07, 6.45) is 1.83. The van der Waals surface area contributed by atoms with Gasteiger partial charge < -0.3 is 9.47 Å². The molecule has 0 radical (unpaired) electrons. The van der Waals surface area contributed by atoms with Crippen LogP contribution in [0.4, 0.5) is 5.69 Å². The number of pyridine rings is 1. The second kappa shape index (κ2) is 8.32. The third-order valence-corrected chi connectivity index (χ3v) is 5.46. The highest BCUT2D eigenvalue weighted by Crippen LogP contribution is 2.41. The van der Waals surface area contributed by atoms with Crippen molar-refractivity contribution in [3.05, 3.63) is 100 Å². The van der Waals surface area contributed by atoms with Crippen LogP contribution in [0.1, 0.15) is 41.8 Å². The van der Waals surface area contributed by atoms with Crippen LogP contribution in [-0.4, -0.2) is 16.4 Å². The van der Waals surface area contributed by atoms with Gasteiger partial charge in [0.25, 0.3) is 0 Å². The van der Waals surface area contributed by atoms with Crippen molar-refractivity contribution in [1.82, 2.24) is 4.98 Å². The summed E-state index contributed by atoms with van der Waals surface area (Å²) in [6.45, 7) is 15.1. The fourth-order valence-electron chi connectivity index (χ4n) is 3.67. The van der Waals surface area contributed by atoms with E-state index >= 15 is 0 Å². The van der Waals surface area contributed by atoms with Gasteiger partial charge in [0.15, 0.2) is 11.3 Å². The Morgan fingerprint density at radius 3 is 2.31 bits per heavy atom. The van der Waals surface area contributed by atoms with E-state index in [4.69, 9.17) is 16.0 Å². The smallest absolute Gasteiger partial charge is 0.210 e. The molecule has 1 aliphatic rings. The van der Waals surface area contributed by atoms with Crippen molar-refractivity contribution in [3.8, 4) is 5.75 Å². The van der Waals surface area contributed by atoms with Crippen LogP contribution in [0.15, 0.2) is 60.8 Å². The Labute approximate surface area is 188 Å². The molecule has 32 heavy (non-hydrogen) atoms. The molecule has 4 rings (SSSR count). The van der Waals surface area contributed by atoms with E-state index in [2.05, 4.69) is 15.9 Å². The normalized spacial score (nSPS) is 14.8. The molecule has 0 atom stereocenters. The van der Waals surface area contributed by atoms with Crippen LogP contribution in [0, 0.1) is 20.4 Å². The molecule has 1 aromatic heterocycles. The Morgan fingerprint density at radius 2 is 1.69 bits per heavy atom. The lowest BCUT2D eigenvalue weighted by atomic mass is 9.92. The topological polar surface area (TPSA) is 52.8 Å². The number of Topliss-reactive ketones (excluding diaryl/α,β-unsaturated/α-hetero) is 1. The fraction of sp³-hybridized carbons (Fsp3) is 0.222. The standard InChI is InChI=1S/C27H24N2O3/c1-17-14-18(2)23(29-15-17)16-31-22-12-8-19(9-13-22)24-25(32-27(3,4)26(24)30)20-6-10-21(28-5)11-7-20/h6-15H,16H2,1-4H3. The van der Waals surface area contributed by atoms with Gasteiger partial charge in [0.2, 0.25) is 5.78 Å². The van der Waals surface area contributed by atoms with Crippen LogP contribution in [0.25, 0.3) is 16.2 Å². The molecule has 0 fully saturated rings. The SMILES string of the molecule is [C-]#[N+]c1ccc(C2=C(c3ccc(OCc4ncc(C)cc4C)cc3)C(=O)C(C)(C)O2)cc1. The molecule has 0 bridgehead atoms. The average molecular weight is 425 g/mol. The van der Waals surface area contributed by atoms with Crippen molar-refractivity contribution < 1.29 is 14.3 Å². The van der Waals surface area contributed by atoms with Crippen molar-refractivity contribution in [2.24, 2.45) is 0 Å². The quantitative estimate of drug-likeness (QED) is 0.466. The van der Waals surface area contributed by atoms with E-state index in [-0.39, 0.29) is 5.78 Å². The molecule has 0 saturated carbocycles. The largest absolute Gasteiger partial charge is 0.487 e. The number of ether oxygens (including phenoxy) is 2. The molecule has 0 amide bonds. The van der Waals surface area contributed by atoms with Gasteiger partial charge in [-0.2, -0.15) is 0 Å². The van der Waals surface area contributed by atoms with Crippen molar-refractivity contribution >= 4 is 22.8 Å². The number of carbonyl (C=O) groups excluding carboxylic acids is 1. The first-order valence-corrected chi connectivity index (χ1v) is 10.4. The molecule has 5 heteroatoms. The minimum Gasteiger partial charge on any atom is -0.487 e. The highest BCUT2D eigenvalue weighted by molar-refractivity contribution is 6.32. The van der Waals surface area contributed by atoms with Crippen molar-refractivity contribution in [3.63, 3.8) is 0 Å². The van der Waals surface area contributed by atoms with Gasteiger partial charge >= 0.3 is 0 Å². The second-order valence-corrected chi connectivity index (χ2v) is 8.39. The third-order valence-electron chi connectivity index (χ3n) is 5.46. The van der Waals surface area contributed by atoms with Crippen molar-refractivity contribution in [1.29, 1.82) is 0 Å². The number of carbonyl (C=O) groups is 1. The number of benzene rings is 2. The number of hydrogen-bond donors (Lipinski definition) is 0. The number of aryl methyl sites for hydroxylation is 2. The third kappa shape index (κ3) is 4.13. The van der Waals surface area contributed by atoms with Gasteiger partial charge in [-0.1, -0.05) is 42.5 Å². The van der Waals surface area contributed by atoms with E-state index in [1.54, 1.807) is 26.0 Å². The van der Waals surface area contributed by atoms with E-state index in [1.165, 1.54) is 0 Å². The van der Waals surface area contributed by atoms with Crippen LogP contribution >= 0.6 is 0 Å². The van der Waals surface area contributed by atoms with E-state index in [9.17, 15) is 4.79 Å². The van der Waals surface area contributed by atoms with Gasteiger partial charge in [0.05, 0.1) is 17.8 Å². The predicted molar refractivity (Wildman–Crippen MR) is 124 cm³/mol. The van der Waals surface area contributed by atoms with Crippen LogP contribution in [0.5, 0.6) is 5.75 Å². The first kappa shape index (κ1) is 21.3. The van der Waals surface area contributed by atoms with Crippen LogP contribution in [-0.2, 0) is 16.1 Å². The summed E-state index contributed by atoms with van der Waals surface area (Å²) in [6, 6.07) is 16.6. The molecule has 0 saturated heterocycles. The maximum atomic E-state index is 13.1. The van der Waals surface area contributed by atoms with Gasteiger partial charge in [-0.15, -0.1) is 0 Å². The Morgan fingerprint density at radius 1 is 1.03 bits per heavy atom. The minimum absolute atomic E-state index is 0.0742. The zero-order valence-corrected chi connectivity index (χ0v) is 18.6. The molecule has 0 N–H and O–H groups in total. The zero-order chi connectivity index (χ0) is 22.9. The Balaban J connectivity index is 1.61. The van der Waals surface area contributed by atoms with E-state index in [0.29, 0.717) is 29.4 Å². The Bertz CT molecular complexity index is 1250. The maximum absolute atomic E-state index is 13.1. The van der Waals surface area contributed by atoms with E-state index in [0.717, 1.165) is 27.9 Å². The second-order valence-electron chi connectivity index (χ2n) is 8.39. The molecule has 0 unspecified atom stereocenters. The molecule has 0 aliphatic carbocycles. The molecule has 1 aliphatic heterocycles. The lowest BCUT2D eigenvalue weighted by Crippen LogP contribution is -2.29. The monoisotopic (exact) mass is 424 g/mol. The lowest BCUT2D eigenvalue weighted by molar-refractivity contribution is -0.125. The van der Waals surface area contributed by atoms with Gasteiger partial charge in [-0.25, -0.2) is 4.85 Å². The summed E-state index contributed by atoms with van der Waals surface area (Å²) in [5, 5.41) is 0. The molecule has 160 valence electrons. The first-order chi connectivity index (χ1) is 15.3. The minimum atomic E-state index is -0.951. The van der Waals surface area contributed by atoms with Crippen molar-refractivity contribution in [2.45, 2.75) is 39.9 Å². The molecule has 3 aromatic rings. The first-order valence-electron chi connectivity index (χ1n) is 10.4.